The van der Waals surface area contributed by atoms with E-state index in [-0.39, 0.29) is 0 Å². The molecule has 0 spiro atoms. The zero-order valence-electron chi connectivity index (χ0n) is 11.5. The maximum atomic E-state index is 5.77. The third-order valence-electron chi connectivity index (χ3n) is 3.33. The van der Waals surface area contributed by atoms with E-state index < -0.39 is 0 Å². The number of aryl methyl sites for hydroxylation is 1. The minimum Gasteiger partial charge on any atom is -0.465 e. The van der Waals surface area contributed by atoms with E-state index in [1.807, 2.05) is 0 Å². The van der Waals surface area contributed by atoms with Gasteiger partial charge in [-0.25, -0.2) is 0 Å². The van der Waals surface area contributed by atoms with Crippen molar-refractivity contribution in [3.05, 3.63) is 23.2 Å². The average molecular weight is 252 g/mol. The Morgan fingerprint density at radius 2 is 2.22 bits per heavy atom. The van der Waals surface area contributed by atoms with Crippen LogP contribution in [0.2, 0.25) is 0 Å². The molecule has 4 heteroatoms. The predicted molar refractivity (Wildman–Crippen MR) is 71.5 cm³/mol. The van der Waals surface area contributed by atoms with E-state index in [2.05, 4.69) is 30.1 Å². The lowest BCUT2D eigenvalue weighted by atomic mass is 10.2. The first-order valence-electron chi connectivity index (χ1n) is 6.88. The molecule has 2 rings (SSSR count). The molecule has 1 fully saturated rings. The molecule has 0 saturated carbocycles. The number of hydrogen-bond donors (Lipinski definition) is 1. The Morgan fingerprint density at radius 1 is 1.33 bits per heavy atom. The second-order valence-corrected chi connectivity index (χ2v) is 4.82. The van der Waals surface area contributed by atoms with Gasteiger partial charge < -0.3 is 14.5 Å². The molecule has 0 aliphatic carbocycles. The molecule has 1 aliphatic heterocycles. The molecule has 1 saturated heterocycles. The van der Waals surface area contributed by atoms with Gasteiger partial charge in [-0.15, -0.1) is 0 Å². The summed E-state index contributed by atoms with van der Waals surface area (Å²) in [5, 5.41) is 3.29. The van der Waals surface area contributed by atoms with Crippen LogP contribution in [0.15, 0.2) is 10.5 Å². The van der Waals surface area contributed by atoms with Crippen molar-refractivity contribution in [3.63, 3.8) is 0 Å². The van der Waals surface area contributed by atoms with Crippen molar-refractivity contribution in [1.29, 1.82) is 0 Å². The second kappa shape index (κ2) is 6.92. The average Bonchev–Trinajstić information content (AvgIpc) is 2.57. The largest absolute Gasteiger partial charge is 0.465 e. The molecule has 1 aromatic rings. The van der Waals surface area contributed by atoms with Crippen molar-refractivity contribution in [3.8, 4) is 0 Å². The molecule has 18 heavy (non-hydrogen) atoms. The Kier molecular flexibility index (Phi) is 5.23. The van der Waals surface area contributed by atoms with Crippen molar-refractivity contribution in [2.24, 2.45) is 0 Å². The minimum atomic E-state index is 0.820. The van der Waals surface area contributed by atoms with Crippen LogP contribution in [-0.4, -0.2) is 37.7 Å². The van der Waals surface area contributed by atoms with Gasteiger partial charge in [0.2, 0.25) is 0 Å². The van der Waals surface area contributed by atoms with Crippen LogP contribution < -0.4 is 5.32 Å². The van der Waals surface area contributed by atoms with Crippen LogP contribution in [0.4, 0.5) is 0 Å². The van der Waals surface area contributed by atoms with Crippen LogP contribution in [0.25, 0.3) is 0 Å². The molecule has 102 valence electrons. The summed E-state index contributed by atoms with van der Waals surface area (Å²) in [5.41, 5.74) is 1.31. The first-order chi connectivity index (χ1) is 8.79. The quantitative estimate of drug-likeness (QED) is 0.869. The number of nitrogens with zero attached hydrogens (tertiary/aromatic N) is 1. The Hall–Kier alpha value is -0.840. The number of hydrogen-bond acceptors (Lipinski definition) is 4. The highest BCUT2D eigenvalue weighted by Gasteiger charge is 2.13. The van der Waals surface area contributed by atoms with Gasteiger partial charge in [0.15, 0.2) is 0 Å². The topological polar surface area (TPSA) is 37.6 Å². The molecular weight excluding hydrogens is 228 g/mol. The van der Waals surface area contributed by atoms with Gasteiger partial charge in [0, 0.05) is 31.8 Å². The zero-order valence-corrected chi connectivity index (χ0v) is 11.5. The highest BCUT2D eigenvalue weighted by atomic mass is 16.5. The van der Waals surface area contributed by atoms with Crippen molar-refractivity contribution in [2.45, 2.75) is 33.4 Å². The fourth-order valence-electron chi connectivity index (χ4n) is 2.28. The number of ether oxygens (including phenoxy) is 1. The van der Waals surface area contributed by atoms with E-state index in [1.54, 1.807) is 0 Å². The Bertz CT molecular complexity index is 355. The van der Waals surface area contributed by atoms with E-state index in [0.29, 0.717) is 0 Å². The summed E-state index contributed by atoms with van der Waals surface area (Å²) in [6.45, 7) is 10.8. The molecule has 0 bridgehead atoms. The third kappa shape index (κ3) is 3.83. The Balaban J connectivity index is 1.92. The summed E-state index contributed by atoms with van der Waals surface area (Å²) in [7, 11) is 0. The molecule has 2 heterocycles. The molecule has 0 unspecified atom stereocenters. The molecule has 4 nitrogen and oxygen atoms in total. The smallest absolute Gasteiger partial charge is 0.118 e. The monoisotopic (exact) mass is 252 g/mol. The minimum absolute atomic E-state index is 0.820. The maximum absolute atomic E-state index is 5.77. The van der Waals surface area contributed by atoms with Gasteiger partial charge in [0.1, 0.15) is 11.5 Å². The first-order valence-corrected chi connectivity index (χ1v) is 6.88. The fourth-order valence-corrected chi connectivity index (χ4v) is 2.28. The summed E-state index contributed by atoms with van der Waals surface area (Å²) in [4.78, 5) is 2.45. The Morgan fingerprint density at radius 3 is 3.06 bits per heavy atom. The van der Waals surface area contributed by atoms with Crippen LogP contribution in [0.3, 0.4) is 0 Å². The lowest BCUT2D eigenvalue weighted by molar-refractivity contribution is 0.140. The molecule has 0 radical (unpaired) electrons. The summed E-state index contributed by atoms with van der Waals surface area (Å²) >= 11 is 0. The summed E-state index contributed by atoms with van der Waals surface area (Å²) in [6, 6.07) is 2.18. The third-order valence-corrected chi connectivity index (χ3v) is 3.33. The number of furan rings is 1. The second-order valence-electron chi connectivity index (χ2n) is 4.82. The Labute approximate surface area is 109 Å². The highest BCUT2D eigenvalue weighted by Crippen LogP contribution is 2.17. The van der Waals surface area contributed by atoms with Crippen molar-refractivity contribution in [2.75, 3.05) is 32.8 Å². The standard InChI is InChI=1S/C14H24N2O2/c1-3-15-10-14-9-13(12(2)18-14)11-16-5-4-7-17-8-6-16/h9,15H,3-8,10-11H2,1-2H3. The SMILES string of the molecule is CCNCc1cc(CN2CCCOCC2)c(C)o1. The van der Waals surface area contributed by atoms with Crippen LogP contribution >= 0.6 is 0 Å². The number of nitrogens with one attached hydrogen (secondary N) is 1. The van der Waals surface area contributed by atoms with Gasteiger partial charge >= 0.3 is 0 Å². The lowest BCUT2D eigenvalue weighted by Gasteiger charge is -2.18. The van der Waals surface area contributed by atoms with Gasteiger partial charge in [-0.05, 0) is 26.0 Å². The molecule has 1 aromatic heterocycles. The maximum Gasteiger partial charge on any atom is 0.118 e. The van der Waals surface area contributed by atoms with Crippen molar-refractivity contribution in [1.82, 2.24) is 10.2 Å². The summed E-state index contributed by atoms with van der Waals surface area (Å²) < 4.78 is 11.2. The van der Waals surface area contributed by atoms with Gasteiger partial charge in [-0.1, -0.05) is 6.92 Å². The normalized spacial score (nSPS) is 17.9. The van der Waals surface area contributed by atoms with E-state index in [0.717, 1.165) is 63.9 Å². The fraction of sp³-hybridized carbons (Fsp3) is 0.714. The first kappa shape index (κ1) is 13.6. The van der Waals surface area contributed by atoms with E-state index >= 15 is 0 Å². The molecular formula is C14H24N2O2. The van der Waals surface area contributed by atoms with Crippen LogP contribution in [0.1, 0.15) is 30.4 Å². The molecule has 0 atom stereocenters. The molecule has 1 aliphatic rings. The van der Waals surface area contributed by atoms with Gasteiger partial charge in [-0.2, -0.15) is 0 Å². The van der Waals surface area contributed by atoms with Crippen LogP contribution in [0.5, 0.6) is 0 Å². The lowest BCUT2D eigenvalue weighted by Crippen LogP contribution is -2.25. The zero-order chi connectivity index (χ0) is 12.8. The van der Waals surface area contributed by atoms with Crippen LogP contribution in [-0.2, 0) is 17.8 Å². The van der Waals surface area contributed by atoms with Gasteiger partial charge in [0.25, 0.3) is 0 Å². The van der Waals surface area contributed by atoms with Crippen molar-refractivity contribution < 1.29 is 9.15 Å². The van der Waals surface area contributed by atoms with E-state index in [9.17, 15) is 0 Å². The number of rotatable bonds is 5. The van der Waals surface area contributed by atoms with Gasteiger partial charge in [-0.3, -0.25) is 4.90 Å². The van der Waals surface area contributed by atoms with E-state index in [4.69, 9.17) is 9.15 Å². The molecule has 0 amide bonds. The van der Waals surface area contributed by atoms with Crippen molar-refractivity contribution >= 4 is 0 Å². The molecule has 0 aromatic carbocycles. The summed E-state index contributed by atoms with van der Waals surface area (Å²) in [5.74, 6) is 2.09. The van der Waals surface area contributed by atoms with Crippen LogP contribution in [0, 0.1) is 6.92 Å². The molecule has 1 N–H and O–H groups in total. The van der Waals surface area contributed by atoms with Gasteiger partial charge in [0.05, 0.1) is 13.2 Å². The highest BCUT2D eigenvalue weighted by molar-refractivity contribution is 5.20. The summed E-state index contributed by atoms with van der Waals surface area (Å²) in [6.07, 6.45) is 1.13. The van der Waals surface area contributed by atoms with E-state index in [1.165, 1.54) is 5.56 Å². The predicted octanol–water partition coefficient (Wildman–Crippen LogP) is 1.92.